The van der Waals surface area contributed by atoms with Gasteiger partial charge in [0.25, 0.3) is 0 Å². The average molecular weight is 246 g/mol. The van der Waals surface area contributed by atoms with Crippen LogP contribution in [0.1, 0.15) is 51.4 Å². The quantitative estimate of drug-likeness (QED) is 0.801. The molecule has 1 saturated carbocycles. The summed E-state index contributed by atoms with van der Waals surface area (Å²) < 4.78 is 26.4. The highest BCUT2D eigenvalue weighted by molar-refractivity contribution is 7.89. The van der Waals surface area contributed by atoms with E-state index in [1.807, 2.05) is 0 Å². The number of hydrogen-bond donors (Lipinski definition) is 1. The zero-order chi connectivity index (χ0) is 11.6. The van der Waals surface area contributed by atoms with Crippen molar-refractivity contribution in [2.45, 2.75) is 62.8 Å². The lowest BCUT2D eigenvalue weighted by Crippen LogP contribution is -2.51. The first kappa shape index (κ1) is 12.3. The third-order valence-electron chi connectivity index (χ3n) is 3.80. The topological polar surface area (TPSA) is 63.4 Å². The van der Waals surface area contributed by atoms with E-state index in [0.717, 1.165) is 44.9 Å². The lowest BCUT2D eigenvalue weighted by Gasteiger charge is -2.35. The van der Waals surface area contributed by atoms with Gasteiger partial charge in [-0.25, -0.2) is 8.42 Å². The Labute approximate surface area is 98.2 Å². The number of rotatable bonds is 2. The van der Waals surface area contributed by atoms with Crippen LogP contribution in [0.3, 0.4) is 0 Å². The Morgan fingerprint density at radius 3 is 2.19 bits per heavy atom. The van der Waals surface area contributed by atoms with E-state index in [1.54, 1.807) is 4.31 Å². The summed E-state index contributed by atoms with van der Waals surface area (Å²) in [6.07, 6.45) is 7.47. The molecule has 1 aliphatic carbocycles. The molecule has 0 radical (unpaired) electrons. The highest BCUT2D eigenvalue weighted by Gasteiger charge is 2.36. The minimum atomic E-state index is -3.13. The van der Waals surface area contributed by atoms with Crippen LogP contribution in [-0.2, 0) is 10.0 Å². The maximum Gasteiger partial charge on any atom is 0.218 e. The van der Waals surface area contributed by atoms with E-state index >= 15 is 0 Å². The fraction of sp³-hybridized carbons (Fsp3) is 1.00. The Hall–Kier alpha value is -0.130. The Morgan fingerprint density at radius 2 is 1.56 bits per heavy atom. The molecule has 0 bridgehead atoms. The van der Waals surface area contributed by atoms with Gasteiger partial charge in [0.15, 0.2) is 0 Å². The molecule has 0 aromatic carbocycles. The van der Waals surface area contributed by atoms with Gasteiger partial charge in [0.1, 0.15) is 0 Å². The molecule has 1 aliphatic heterocycles. The summed E-state index contributed by atoms with van der Waals surface area (Å²) in [5, 5.41) is -0.162. The number of hydrogen-bond acceptors (Lipinski definition) is 3. The standard InChI is InChI=1S/C11H22N2O2S/c12-11-8-4-5-9-13(11)16(14,15)10-6-2-1-3-7-10/h10-11H,1-9,12H2. The third kappa shape index (κ3) is 2.41. The van der Waals surface area contributed by atoms with Gasteiger partial charge in [0.2, 0.25) is 10.0 Å². The minimum Gasteiger partial charge on any atom is -0.315 e. The molecule has 1 saturated heterocycles. The molecule has 94 valence electrons. The van der Waals surface area contributed by atoms with Crippen LogP contribution in [0.5, 0.6) is 0 Å². The fourth-order valence-corrected chi connectivity index (χ4v) is 4.98. The van der Waals surface area contributed by atoms with E-state index in [2.05, 4.69) is 0 Å². The molecule has 1 atom stereocenters. The van der Waals surface area contributed by atoms with Crippen LogP contribution in [0, 0.1) is 0 Å². The molecule has 1 heterocycles. The summed E-state index contributed by atoms with van der Waals surface area (Å²) in [6, 6.07) is 0. The predicted molar refractivity (Wildman–Crippen MR) is 64.3 cm³/mol. The van der Waals surface area contributed by atoms with Crippen LogP contribution in [0.2, 0.25) is 0 Å². The molecule has 0 spiro atoms. The third-order valence-corrected chi connectivity index (χ3v) is 6.22. The fourth-order valence-electron chi connectivity index (χ4n) is 2.80. The van der Waals surface area contributed by atoms with E-state index in [0.29, 0.717) is 6.54 Å². The highest BCUT2D eigenvalue weighted by Crippen LogP contribution is 2.28. The van der Waals surface area contributed by atoms with Crippen molar-refractivity contribution in [3.8, 4) is 0 Å². The minimum absolute atomic E-state index is 0.162. The first-order valence-electron chi connectivity index (χ1n) is 6.38. The molecule has 2 fully saturated rings. The maximum absolute atomic E-state index is 12.4. The van der Waals surface area contributed by atoms with Gasteiger partial charge < -0.3 is 5.73 Å². The lowest BCUT2D eigenvalue weighted by atomic mass is 10.0. The van der Waals surface area contributed by atoms with Crippen molar-refractivity contribution in [2.75, 3.05) is 6.54 Å². The van der Waals surface area contributed by atoms with Gasteiger partial charge in [0.05, 0.1) is 11.4 Å². The van der Waals surface area contributed by atoms with Gasteiger partial charge in [-0.2, -0.15) is 4.31 Å². The zero-order valence-electron chi connectivity index (χ0n) is 9.77. The van der Waals surface area contributed by atoms with E-state index in [1.165, 1.54) is 6.42 Å². The van der Waals surface area contributed by atoms with Crippen molar-refractivity contribution in [2.24, 2.45) is 5.73 Å². The second-order valence-electron chi connectivity index (χ2n) is 4.98. The first-order valence-corrected chi connectivity index (χ1v) is 7.89. The molecule has 2 rings (SSSR count). The van der Waals surface area contributed by atoms with Crippen LogP contribution in [0.4, 0.5) is 0 Å². The molecule has 0 amide bonds. The summed E-state index contributed by atoms with van der Waals surface area (Å²) in [5.41, 5.74) is 5.92. The molecular weight excluding hydrogens is 224 g/mol. The smallest absolute Gasteiger partial charge is 0.218 e. The summed E-state index contributed by atoms with van der Waals surface area (Å²) in [6.45, 7) is 0.625. The van der Waals surface area contributed by atoms with Gasteiger partial charge >= 0.3 is 0 Å². The molecule has 0 aromatic rings. The van der Waals surface area contributed by atoms with Crippen LogP contribution in [0.25, 0.3) is 0 Å². The van der Waals surface area contributed by atoms with Gasteiger partial charge in [-0.15, -0.1) is 0 Å². The Bertz CT molecular complexity index is 323. The maximum atomic E-state index is 12.4. The molecule has 2 N–H and O–H groups in total. The first-order chi connectivity index (χ1) is 7.62. The average Bonchev–Trinajstić information content (AvgIpc) is 2.30. The van der Waals surface area contributed by atoms with Crippen molar-refractivity contribution < 1.29 is 8.42 Å². The molecule has 16 heavy (non-hydrogen) atoms. The lowest BCUT2D eigenvalue weighted by molar-refractivity contribution is 0.252. The van der Waals surface area contributed by atoms with Crippen molar-refractivity contribution in [3.63, 3.8) is 0 Å². The number of sulfonamides is 1. The number of piperidine rings is 1. The highest BCUT2D eigenvalue weighted by atomic mass is 32.2. The van der Waals surface area contributed by atoms with Crippen molar-refractivity contribution >= 4 is 10.0 Å². The van der Waals surface area contributed by atoms with E-state index < -0.39 is 10.0 Å². The van der Waals surface area contributed by atoms with Gasteiger partial charge in [-0.1, -0.05) is 19.3 Å². The normalized spacial score (nSPS) is 30.4. The molecule has 4 nitrogen and oxygen atoms in total. The van der Waals surface area contributed by atoms with Crippen molar-refractivity contribution in [1.82, 2.24) is 4.31 Å². The molecular formula is C11H22N2O2S. The van der Waals surface area contributed by atoms with Gasteiger partial charge in [-0.3, -0.25) is 0 Å². The van der Waals surface area contributed by atoms with Gasteiger partial charge in [0, 0.05) is 6.54 Å². The van der Waals surface area contributed by atoms with E-state index in [4.69, 9.17) is 5.73 Å². The predicted octanol–water partition coefficient (Wildman–Crippen LogP) is 1.42. The van der Waals surface area contributed by atoms with E-state index in [-0.39, 0.29) is 11.4 Å². The van der Waals surface area contributed by atoms with Crippen LogP contribution in [-0.4, -0.2) is 30.7 Å². The second-order valence-corrected chi connectivity index (χ2v) is 7.14. The van der Waals surface area contributed by atoms with Crippen molar-refractivity contribution in [3.05, 3.63) is 0 Å². The molecule has 1 unspecified atom stereocenters. The Balaban J connectivity index is 2.10. The van der Waals surface area contributed by atoms with Crippen molar-refractivity contribution in [1.29, 1.82) is 0 Å². The number of nitrogens with zero attached hydrogens (tertiary/aromatic N) is 1. The number of nitrogens with two attached hydrogens (primary N) is 1. The Kier molecular flexibility index (Phi) is 3.87. The zero-order valence-corrected chi connectivity index (χ0v) is 10.6. The molecule has 5 heteroatoms. The summed E-state index contributed by atoms with van der Waals surface area (Å²) in [4.78, 5) is 0. The Morgan fingerprint density at radius 1 is 0.938 bits per heavy atom. The molecule has 2 aliphatic rings. The summed E-state index contributed by atoms with van der Waals surface area (Å²) >= 11 is 0. The summed E-state index contributed by atoms with van der Waals surface area (Å²) in [7, 11) is -3.13. The van der Waals surface area contributed by atoms with Crippen LogP contribution >= 0.6 is 0 Å². The van der Waals surface area contributed by atoms with E-state index in [9.17, 15) is 8.42 Å². The monoisotopic (exact) mass is 246 g/mol. The SMILES string of the molecule is NC1CCCCN1S(=O)(=O)C1CCCCC1. The van der Waals surface area contributed by atoms with Gasteiger partial charge in [-0.05, 0) is 32.1 Å². The second kappa shape index (κ2) is 5.02. The van der Waals surface area contributed by atoms with Crippen LogP contribution in [0.15, 0.2) is 0 Å². The van der Waals surface area contributed by atoms with Crippen LogP contribution < -0.4 is 5.73 Å². The largest absolute Gasteiger partial charge is 0.315 e. The molecule has 0 aromatic heterocycles. The summed E-state index contributed by atoms with van der Waals surface area (Å²) in [5.74, 6) is 0.